The van der Waals surface area contributed by atoms with Gasteiger partial charge < -0.3 is 5.32 Å². The molecule has 0 amide bonds. The number of hydrogen-bond donors (Lipinski definition) is 1. The van der Waals surface area contributed by atoms with Gasteiger partial charge in [-0.15, -0.1) is 0 Å². The Labute approximate surface area is 103 Å². The van der Waals surface area contributed by atoms with Crippen molar-refractivity contribution in [2.24, 2.45) is 5.41 Å². The zero-order valence-corrected chi connectivity index (χ0v) is 11.2. The van der Waals surface area contributed by atoms with Crippen molar-refractivity contribution in [3.8, 4) is 0 Å². The van der Waals surface area contributed by atoms with E-state index in [1.165, 1.54) is 6.07 Å². The summed E-state index contributed by atoms with van der Waals surface area (Å²) >= 11 is 3.22. The zero-order valence-electron chi connectivity index (χ0n) is 9.58. The van der Waals surface area contributed by atoms with Crippen molar-refractivity contribution in [1.82, 2.24) is 0 Å². The SMILES string of the molecule is CC(C)(C)CNc1ccc(Br)cc1[N+](=O)[O-]. The highest BCUT2D eigenvalue weighted by Crippen LogP contribution is 2.28. The second-order valence-electron chi connectivity index (χ2n) is 4.83. The number of hydrogen-bond acceptors (Lipinski definition) is 3. The minimum Gasteiger partial charge on any atom is -0.379 e. The van der Waals surface area contributed by atoms with Crippen LogP contribution in [0.4, 0.5) is 11.4 Å². The molecule has 0 heterocycles. The van der Waals surface area contributed by atoms with Gasteiger partial charge in [0.25, 0.3) is 5.69 Å². The number of nitro groups is 1. The van der Waals surface area contributed by atoms with E-state index in [-0.39, 0.29) is 16.0 Å². The van der Waals surface area contributed by atoms with E-state index >= 15 is 0 Å². The Morgan fingerprint density at radius 1 is 1.44 bits per heavy atom. The van der Waals surface area contributed by atoms with E-state index in [4.69, 9.17) is 0 Å². The first-order chi connectivity index (χ1) is 7.29. The van der Waals surface area contributed by atoms with E-state index in [9.17, 15) is 10.1 Å². The molecular weight excluding hydrogens is 272 g/mol. The van der Waals surface area contributed by atoms with Gasteiger partial charge in [0.1, 0.15) is 5.69 Å². The molecule has 1 aromatic carbocycles. The van der Waals surface area contributed by atoms with Gasteiger partial charge in [0, 0.05) is 17.1 Å². The molecule has 0 saturated carbocycles. The fourth-order valence-corrected chi connectivity index (χ4v) is 1.51. The van der Waals surface area contributed by atoms with E-state index in [1.54, 1.807) is 12.1 Å². The first-order valence-electron chi connectivity index (χ1n) is 4.97. The molecule has 0 unspecified atom stereocenters. The quantitative estimate of drug-likeness (QED) is 0.679. The van der Waals surface area contributed by atoms with Gasteiger partial charge in [-0.05, 0) is 17.5 Å². The molecular formula is C11H15BrN2O2. The van der Waals surface area contributed by atoms with Gasteiger partial charge in [-0.2, -0.15) is 0 Å². The monoisotopic (exact) mass is 286 g/mol. The fourth-order valence-electron chi connectivity index (χ4n) is 1.17. The van der Waals surface area contributed by atoms with Crippen molar-refractivity contribution >= 4 is 27.3 Å². The Bertz CT molecular complexity index is 399. The molecule has 16 heavy (non-hydrogen) atoms. The van der Waals surface area contributed by atoms with Crippen LogP contribution in [0.25, 0.3) is 0 Å². The lowest BCUT2D eigenvalue weighted by molar-refractivity contribution is -0.384. The summed E-state index contributed by atoms with van der Waals surface area (Å²) in [6.07, 6.45) is 0. The third kappa shape index (κ3) is 3.81. The van der Waals surface area contributed by atoms with Crippen LogP contribution in [0.15, 0.2) is 22.7 Å². The predicted octanol–water partition coefficient (Wildman–Crippen LogP) is 3.82. The average molecular weight is 287 g/mol. The largest absolute Gasteiger partial charge is 0.379 e. The van der Waals surface area contributed by atoms with Crippen molar-refractivity contribution < 1.29 is 4.92 Å². The molecule has 1 rings (SSSR count). The van der Waals surface area contributed by atoms with Crippen molar-refractivity contribution in [3.05, 3.63) is 32.8 Å². The summed E-state index contributed by atoms with van der Waals surface area (Å²) in [5, 5.41) is 13.9. The molecule has 0 atom stereocenters. The second-order valence-corrected chi connectivity index (χ2v) is 5.75. The molecule has 5 heteroatoms. The highest BCUT2D eigenvalue weighted by Gasteiger charge is 2.16. The van der Waals surface area contributed by atoms with Crippen LogP contribution < -0.4 is 5.32 Å². The van der Waals surface area contributed by atoms with Crippen LogP contribution >= 0.6 is 15.9 Å². The highest BCUT2D eigenvalue weighted by molar-refractivity contribution is 9.10. The summed E-state index contributed by atoms with van der Waals surface area (Å²) in [6.45, 7) is 6.91. The second kappa shape index (κ2) is 4.82. The first kappa shape index (κ1) is 13.0. The summed E-state index contributed by atoms with van der Waals surface area (Å²) in [7, 11) is 0. The van der Waals surface area contributed by atoms with E-state index in [0.29, 0.717) is 16.7 Å². The fraction of sp³-hybridized carbons (Fsp3) is 0.455. The average Bonchev–Trinajstić information content (AvgIpc) is 2.14. The molecule has 4 nitrogen and oxygen atoms in total. The normalized spacial score (nSPS) is 11.2. The maximum atomic E-state index is 10.8. The molecule has 0 aliphatic carbocycles. The van der Waals surface area contributed by atoms with Crippen LogP contribution in [-0.2, 0) is 0 Å². The van der Waals surface area contributed by atoms with Crippen LogP contribution in [0, 0.1) is 15.5 Å². The third-order valence-electron chi connectivity index (χ3n) is 1.97. The van der Waals surface area contributed by atoms with Gasteiger partial charge in [0.05, 0.1) is 4.92 Å². The van der Waals surface area contributed by atoms with Crippen molar-refractivity contribution in [2.45, 2.75) is 20.8 Å². The van der Waals surface area contributed by atoms with Gasteiger partial charge in [-0.25, -0.2) is 0 Å². The lowest BCUT2D eigenvalue weighted by atomic mass is 9.97. The van der Waals surface area contributed by atoms with Gasteiger partial charge in [0.15, 0.2) is 0 Å². The van der Waals surface area contributed by atoms with Gasteiger partial charge in [-0.1, -0.05) is 36.7 Å². The van der Waals surface area contributed by atoms with Crippen LogP contribution in [0.2, 0.25) is 0 Å². The molecule has 0 spiro atoms. The molecule has 0 radical (unpaired) electrons. The minimum atomic E-state index is -0.379. The van der Waals surface area contributed by atoms with E-state index in [2.05, 4.69) is 42.0 Å². The van der Waals surface area contributed by atoms with Gasteiger partial charge in [-0.3, -0.25) is 10.1 Å². The molecule has 0 saturated heterocycles. The molecule has 88 valence electrons. The summed E-state index contributed by atoms with van der Waals surface area (Å²) < 4.78 is 0.709. The molecule has 1 N–H and O–H groups in total. The van der Waals surface area contributed by atoms with E-state index in [0.717, 1.165) is 0 Å². The Hall–Kier alpha value is -1.10. The lowest BCUT2D eigenvalue weighted by Gasteiger charge is -2.19. The predicted molar refractivity (Wildman–Crippen MR) is 68.7 cm³/mol. The molecule has 0 aliphatic heterocycles. The van der Waals surface area contributed by atoms with Crippen molar-refractivity contribution in [1.29, 1.82) is 0 Å². The Morgan fingerprint density at radius 3 is 2.56 bits per heavy atom. The number of benzene rings is 1. The van der Waals surface area contributed by atoms with Crippen LogP contribution in [0.5, 0.6) is 0 Å². The van der Waals surface area contributed by atoms with Gasteiger partial charge in [0.2, 0.25) is 0 Å². The number of nitrogens with one attached hydrogen (secondary N) is 1. The Morgan fingerprint density at radius 2 is 2.06 bits per heavy atom. The van der Waals surface area contributed by atoms with Crippen LogP contribution in [0.1, 0.15) is 20.8 Å². The summed E-state index contributed by atoms with van der Waals surface area (Å²) in [5.41, 5.74) is 0.739. The van der Waals surface area contributed by atoms with Crippen LogP contribution in [0.3, 0.4) is 0 Å². The summed E-state index contributed by atoms with van der Waals surface area (Å²) in [4.78, 5) is 10.5. The molecule has 0 bridgehead atoms. The number of rotatable bonds is 3. The van der Waals surface area contributed by atoms with E-state index < -0.39 is 0 Å². The Kier molecular flexibility index (Phi) is 3.91. The van der Waals surface area contributed by atoms with Crippen molar-refractivity contribution in [3.63, 3.8) is 0 Å². The molecule has 0 aromatic heterocycles. The number of nitro benzene ring substituents is 1. The van der Waals surface area contributed by atoms with Crippen molar-refractivity contribution in [2.75, 3.05) is 11.9 Å². The number of anilines is 1. The van der Waals surface area contributed by atoms with E-state index in [1.807, 2.05) is 0 Å². The third-order valence-corrected chi connectivity index (χ3v) is 2.46. The molecule has 0 aliphatic rings. The van der Waals surface area contributed by atoms with Crippen LogP contribution in [-0.4, -0.2) is 11.5 Å². The maximum absolute atomic E-state index is 10.8. The maximum Gasteiger partial charge on any atom is 0.293 e. The minimum absolute atomic E-state index is 0.0843. The molecule has 1 aromatic rings. The number of halogens is 1. The summed E-state index contributed by atoms with van der Waals surface area (Å²) in [6, 6.07) is 5.01. The standard InChI is InChI=1S/C11H15BrN2O2/c1-11(2,3)7-13-9-5-4-8(12)6-10(9)14(15)16/h4-6,13H,7H2,1-3H3. The smallest absolute Gasteiger partial charge is 0.293 e. The highest BCUT2D eigenvalue weighted by atomic mass is 79.9. The Balaban J connectivity index is 2.91. The number of nitrogens with zero attached hydrogens (tertiary/aromatic N) is 1. The summed E-state index contributed by atoms with van der Waals surface area (Å²) in [5.74, 6) is 0. The van der Waals surface area contributed by atoms with Gasteiger partial charge >= 0.3 is 0 Å². The molecule has 0 fully saturated rings. The first-order valence-corrected chi connectivity index (χ1v) is 5.77. The zero-order chi connectivity index (χ0) is 12.3. The lowest BCUT2D eigenvalue weighted by Crippen LogP contribution is -2.19. The topological polar surface area (TPSA) is 55.2 Å².